The average Bonchev–Trinajstić information content (AvgIpc) is 1.50. The summed E-state index contributed by atoms with van der Waals surface area (Å²) in [4.78, 5) is 15.0. The Morgan fingerprint density at radius 3 is 0.714 bits per heavy atom. The summed E-state index contributed by atoms with van der Waals surface area (Å²) in [6.07, 6.45) is 0. The van der Waals surface area contributed by atoms with Crippen molar-refractivity contribution in [3.63, 3.8) is 0 Å². The Morgan fingerprint density at radius 2 is 0.714 bits per heavy atom. The largest absolute Gasteiger partial charge is 4.00 e. The molecule has 3 heteroatoms. The molecule has 0 spiro atoms. The molecule has 0 rings (SSSR count). The van der Waals surface area contributed by atoms with Gasteiger partial charge in [0.2, 0.25) is 0 Å². The summed E-state index contributed by atoms with van der Waals surface area (Å²) in [6, 6.07) is 0. The van der Waals surface area contributed by atoms with Crippen LogP contribution in [0.1, 0.15) is 0 Å². The molecule has 0 saturated heterocycles. The Bertz CT molecular complexity index is 11.7. The number of carbonyl (C=O) groups excluding carboxylic acids is 2. The molecule has 0 aliphatic heterocycles. The monoisotopic (exact) mass is 142 g/mol. The Balaban J connectivity index is -0.00000000267. The molecule has 2 nitrogen and oxygen atoms in total. The normalized spacial score (nSPS) is 1.14. The number of rotatable bonds is 0. The zero-order valence-corrected chi connectivity index (χ0v) is 5.27. The molecule has 0 aromatic heterocycles. The first-order valence-electron chi connectivity index (χ1n) is 0.408. The molecule has 0 N–H and O–H groups in total. The molecule has 42 valence electrons. The Morgan fingerprint density at radius 1 is 0.714 bits per heavy atom. The van der Waals surface area contributed by atoms with Crippen molar-refractivity contribution < 1.29 is 26.7 Å². The summed E-state index contributed by atoms with van der Waals surface area (Å²) in [6.45, 7) is 9.00. The average molecular weight is 142 g/mol. The summed E-state index contributed by atoms with van der Waals surface area (Å²) >= 11 is 0. The third-order valence-corrected chi connectivity index (χ3v) is 0. The molecular formula is C4H6FeO2. The standard InChI is InChI=1S/2CO.2CH3.Fe/c2*1-2;;;/h;;2*1H3;/q4*-1;+4. The van der Waals surface area contributed by atoms with Gasteiger partial charge in [-0.1, -0.05) is 0 Å². The van der Waals surface area contributed by atoms with Gasteiger partial charge in [0, 0.05) is 0 Å². The maximum absolute atomic E-state index is 7.50. The van der Waals surface area contributed by atoms with Gasteiger partial charge in [-0.05, 0) is 0 Å². The summed E-state index contributed by atoms with van der Waals surface area (Å²) in [7, 11) is 0. The van der Waals surface area contributed by atoms with Crippen LogP contribution >= 0.6 is 0 Å². The molecule has 0 unspecified atom stereocenters. The fourth-order valence-electron chi connectivity index (χ4n) is 0. The van der Waals surface area contributed by atoms with Crippen LogP contribution in [0.4, 0.5) is 0 Å². The molecule has 0 atom stereocenters. The molecule has 0 amide bonds. The van der Waals surface area contributed by atoms with E-state index in [1.807, 2.05) is 0 Å². The molecule has 0 aromatic rings. The summed E-state index contributed by atoms with van der Waals surface area (Å²) in [5, 5.41) is 0. The molecule has 2 radical (unpaired) electrons. The van der Waals surface area contributed by atoms with Crippen LogP contribution in [0.2, 0.25) is 0 Å². The number of hydrogen-bond acceptors (Lipinski definition) is 2. The van der Waals surface area contributed by atoms with E-state index in [2.05, 4.69) is 13.6 Å². The summed E-state index contributed by atoms with van der Waals surface area (Å²) in [5.41, 5.74) is 0. The van der Waals surface area contributed by atoms with Crippen LogP contribution in [-0.4, -0.2) is 13.6 Å². The van der Waals surface area contributed by atoms with Crippen molar-refractivity contribution in [3.8, 4) is 0 Å². The molecule has 0 bridgehead atoms. The van der Waals surface area contributed by atoms with Crippen LogP contribution in [0.5, 0.6) is 0 Å². The van der Waals surface area contributed by atoms with E-state index in [0.29, 0.717) is 0 Å². The van der Waals surface area contributed by atoms with Gasteiger partial charge in [-0.25, -0.2) is 0 Å². The summed E-state index contributed by atoms with van der Waals surface area (Å²) in [5.74, 6) is 0. The van der Waals surface area contributed by atoms with Gasteiger partial charge in [-0.3, -0.25) is 0 Å². The van der Waals surface area contributed by atoms with Gasteiger partial charge in [0.15, 0.2) is 0 Å². The molecule has 0 fully saturated rings. The van der Waals surface area contributed by atoms with Crippen LogP contribution in [0.3, 0.4) is 0 Å². The minimum absolute atomic E-state index is 0. The molecule has 0 aromatic carbocycles. The first-order valence-corrected chi connectivity index (χ1v) is 0.408. The van der Waals surface area contributed by atoms with E-state index in [1.54, 1.807) is 0 Å². The SMILES string of the molecule is [C-]=O.[C-]=O.[CH3-].[CH3-].[Fe+4]. The van der Waals surface area contributed by atoms with Gasteiger partial charge in [0.05, 0.1) is 0 Å². The maximum Gasteiger partial charge on any atom is 4.00 e. The zero-order chi connectivity index (χ0) is 4.00. The van der Waals surface area contributed by atoms with Gasteiger partial charge < -0.3 is 38.0 Å². The molecule has 0 heterocycles. The van der Waals surface area contributed by atoms with Crippen LogP contribution in [0.15, 0.2) is 0 Å². The fourth-order valence-corrected chi connectivity index (χ4v) is 0. The third-order valence-electron chi connectivity index (χ3n) is 0. The van der Waals surface area contributed by atoms with Gasteiger partial charge in [-0.15, -0.1) is 0 Å². The van der Waals surface area contributed by atoms with E-state index in [0.717, 1.165) is 0 Å². The second kappa shape index (κ2) is 7010. The second-order valence-corrected chi connectivity index (χ2v) is 0. The molecule has 0 saturated carbocycles. The Hall–Kier alpha value is -0.141. The predicted molar refractivity (Wildman–Crippen MR) is 24.2 cm³/mol. The fraction of sp³-hybridized carbons (Fsp3) is 0. The van der Waals surface area contributed by atoms with Crippen LogP contribution in [0.25, 0.3) is 0 Å². The van der Waals surface area contributed by atoms with Crippen molar-refractivity contribution in [2.75, 3.05) is 0 Å². The quantitative estimate of drug-likeness (QED) is 0.355. The predicted octanol–water partition coefficient (Wildman–Crippen LogP) is 0.104. The van der Waals surface area contributed by atoms with Crippen molar-refractivity contribution in [1.82, 2.24) is 0 Å². The van der Waals surface area contributed by atoms with Crippen molar-refractivity contribution >= 4 is 13.6 Å². The van der Waals surface area contributed by atoms with E-state index in [9.17, 15) is 0 Å². The molecule has 0 aliphatic carbocycles. The van der Waals surface area contributed by atoms with E-state index in [4.69, 9.17) is 9.59 Å². The summed E-state index contributed by atoms with van der Waals surface area (Å²) < 4.78 is 0. The van der Waals surface area contributed by atoms with Crippen molar-refractivity contribution in [2.45, 2.75) is 0 Å². The van der Waals surface area contributed by atoms with Crippen molar-refractivity contribution in [3.05, 3.63) is 14.9 Å². The van der Waals surface area contributed by atoms with Gasteiger partial charge >= 0.3 is 17.1 Å². The van der Waals surface area contributed by atoms with E-state index < -0.39 is 0 Å². The number of hydrogen-bond donors (Lipinski definition) is 0. The van der Waals surface area contributed by atoms with E-state index >= 15 is 0 Å². The minimum Gasteiger partial charge on any atom is -0.573 e. The molecule has 7 heavy (non-hydrogen) atoms. The zero-order valence-electron chi connectivity index (χ0n) is 4.17. The van der Waals surface area contributed by atoms with Crippen LogP contribution < -0.4 is 0 Å². The second-order valence-electron chi connectivity index (χ2n) is 0. The van der Waals surface area contributed by atoms with Crippen LogP contribution in [-0.2, 0) is 26.7 Å². The van der Waals surface area contributed by atoms with Gasteiger partial charge in [0.25, 0.3) is 0 Å². The van der Waals surface area contributed by atoms with Crippen molar-refractivity contribution in [1.29, 1.82) is 0 Å². The minimum atomic E-state index is 0. The smallest absolute Gasteiger partial charge is 0.573 e. The van der Waals surface area contributed by atoms with Crippen molar-refractivity contribution in [2.24, 2.45) is 0 Å². The third kappa shape index (κ3) is 4420. The molecule has 0 aliphatic rings. The van der Waals surface area contributed by atoms with Gasteiger partial charge in [-0.2, -0.15) is 0 Å². The van der Waals surface area contributed by atoms with Gasteiger partial charge in [0.1, 0.15) is 0 Å². The topological polar surface area (TPSA) is 34.1 Å². The first-order chi connectivity index (χ1) is 2.00. The van der Waals surface area contributed by atoms with E-state index in [-0.39, 0.29) is 31.9 Å². The maximum atomic E-state index is 7.50. The Labute approximate surface area is 55.8 Å². The first kappa shape index (κ1) is 68.1. The van der Waals surface area contributed by atoms with E-state index in [1.165, 1.54) is 0 Å². The Kier molecular flexibility index (Phi) is 68200. The molecular weight excluding hydrogens is 136 g/mol. The van der Waals surface area contributed by atoms with Crippen LogP contribution in [0, 0.1) is 14.9 Å².